The highest BCUT2D eigenvalue weighted by Gasteiger charge is 2.17. The van der Waals surface area contributed by atoms with Crippen molar-refractivity contribution in [3.8, 4) is 0 Å². The Morgan fingerprint density at radius 2 is 2.21 bits per heavy atom. The number of hydrazine groups is 2. The zero-order valence-electron chi connectivity index (χ0n) is 8.36. The van der Waals surface area contributed by atoms with Gasteiger partial charge >= 0.3 is 0 Å². The summed E-state index contributed by atoms with van der Waals surface area (Å²) in [6.45, 7) is 5.84. The molecule has 2 heterocycles. The van der Waals surface area contributed by atoms with E-state index in [2.05, 4.69) is 35.1 Å². The first-order valence-corrected chi connectivity index (χ1v) is 4.73. The summed E-state index contributed by atoms with van der Waals surface area (Å²) in [6.07, 6.45) is 3.80. The molecule has 0 unspecified atom stereocenters. The number of hydrogen-bond acceptors (Lipinski definition) is 5. The third kappa shape index (κ3) is 1.44. The van der Waals surface area contributed by atoms with Crippen LogP contribution < -0.4 is 11.1 Å². The lowest BCUT2D eigenvalue weighted by Gasteiger charge is -2.14. The summed E-state index contributed by atoms with van der Waals surface area (Å²) >= 11 is 0. The first kappa shape index (κ1) is 9.01. The number of aryl methyl sites for hydroxylation is 1. The minimum absolute atomic E-state index is 0.850. The van der Waals surface area contributed by atoms with Crippen LogP contribution in [0.2, 0.25) is 0 Å². The molecule has 0 amide bonds. The number of nitrogens with one attached hydrogen (secondary N) is 2. The molecule has 6 nitrogen and oxygen atoms in total. The molecule has 1 aromatic rings. The average molecular weight is 194 g/mol. The lowest BCUT2D eigenvalue weighted by Crippen LogP contribution is -2.40. The summed E-state index contributed by atoms with van der Waals surface area (Å²) in [6, 6.07) is 0. The van der Waals surface area contributed by atoms with E-state index in [4.69, 9.17) is 0 Å². The number of hydrazone groups is 1. The molecule has 0 saturated heterocycles. The van der Waals surface area contributed by atoms with Gasteiger partial charge in [-0.25, -0.2) is 5.53 Å². The number of aromatic nitrogens is 2. The third-order valence-electron chi connectivity index (χ3n) is 2.13. The van der Waals surface area contributed by atoms with E-state index in [0.29, 0.717) is 0 Å². The van der Waals surface area contributed by atoms with Crippen LogP contribution in [-0.4, -0.2) is 27.2 Å². The Bertz CT molecular complexity index is 341. The zero-order chi connectivity index (χ0) is 9.97. The third-order valence-corrected chi connectivity index (χ3v) is 2.13. The van der Waals surface area contributed by atoms with Crippen molar-refractivity contribution < 1.29 is 0 Å². The predicted molar refractivity (Wildman–Crippen MR) is 53.1 cm³/mol. The Morgan fingerprint density at radius 1 is 1.36 bits per heavy atom. The van der Waals surface area contributed by atoms with Crippen molar-refractivity contribution in [2.24, 2.45) is 5.10 Å². The molecule has 1 aliphatic rings. The molecule has 0 aliphatic carbocycles. The van der Waals surface area contributed by atoms with Crippen molar-refractivity contribution >= 4 is 5.84 Å². The fraction of sp³-hybridized carbons (Fsp3) is 0.500. The van der Waals surface area contributed by atoms with Crippen LogP contribution in [-0.2, 0) is 6.54 Å². The summed E-state index contributed by atoms with van der Waals surface area (Å²) in [4.78, 5) is 0. The maximum absolute atomic E-state index is 4.20. The van der Waals surface area contributed by atoms with Crippen molar-refractivity contribution in [3.05, 3.63) is 18.0 Å². The molecule has 2 N–H and O–H groups in total. The maximum atomic E-state index is 4.20. The first-order valence-electron chi connectivity index (χ1n) is 4.73. The van der Waals surface area contributed by atoms with Gasteiger partial charge in [-0.3, -0.25) is 9.69 Å². The molecular weight excluding hydrogens is 180 g/mol. The lowest BCUT2D eigenvalue weighted by molar-refractivity contribution is 0.308. The van der Waals surface area contributed by atoms with Gasteiger partial charge in [0.05, 0.1) is 11.8 Å². The van der Waals surface area contributed by atoms with Crippen molar-refractivity contribution in [3.63, 3.8) is 0 Å². The van der Waals surface area contributed by atoms with Gasteiger partial charge in [0.1, 0.15) is 0 Å². The van der Waals surface area contributed by atoms with E-state index < -0.39 is 0 Å². The van der Waals surface area contributed by atoms with Crippen LogP contribution in [0.3, 0.4) is 0 Å². The average Bonchev–Trinajstić information content (AvgIpc) is 2.85. The van der Waals surface area contributed by atoms with Crippen LogP contribution >= 0.6 is 0 Å². The van der Waals surface area contributed by atoms with Gasteiger partial charge in [-0.1, -0.05) is 0 Å². The number of amidine groups is 1. The molecule has 76 valence electrons. The van der Waals surface area contributed by atoms with Crippen molar-refractivity contribution in [2.45, 2.75) is 20.4 Å². The van der Waals surface area contributed by atoms with Crippen molar-refractivity contribution in [1.82, 2.24) is 25.9 Å². The molecule has 0 aromatic carbocycles. The molecule has 0 atom stereocenters. The van der Waals surface area contributed by atoms with Gasteiger partial charge in [-0.15, -0.1) is 10.6 Å². The van der Waals surface area contributed by atoms with E-state index in [1.165, 1.54) is 0 Å². The topological polar surface area (TPSA) is 57.5 Å². The molecule has 1 aromatic heterocycles. The minimum atomic E-state index is 0.850. The highest BCUT2D eigenvalue weighted by atomic mass is 15.8. The van der Waals surface area contributed by atoms with Crippen LogP contribution in [0, 0.1) is 0 Å². The van der Waals surface area contributed by atoms with Gasteiger partial charge in [0.15, 0.2) is 5.84 Å². The molecule has 0 radical (unpaired) electrons. The SMILES string of the molecule is CCN1NNN=C1c1cnn(CC)c1. The van der Waals surface area contributed by atoms with Crippen molar-refractivity contribution in [1.29, 1.82) is 0 Å². The molecule has 14 heavy (non-hydrogen) atoms. The van der Waals surface area contributed by atoms with E-state index >= 15 is 0 Å². The minimum Gasteiger partial charge on any atom is -0.272 e. The van der Waals surface area contributed by atoms with E-state index in [0.717, 1.165) is 24.5 Å². The summed E-state index contributed by atoms with van der Waals surface area (Å²) in [5.41, 5.74) is 6.67. The Morgan fingerprint density at radius 3 is 2.86 bits per heavy atom. The van der Waals surface area contributed by atoms with Crippen molar-refractivity contribution in [2.75, 3.05) is 6.54 Å². The van der Waals surface area contributed by atoms with Crippen LogP contribution in [0.1, 0.15) is 19.4 Å². The molecule has 1 aliphatic heterocycles. The monoisotopic (exact) mass is 194 g/mol. The highest BCUT2D eigenvalue weighted by molar-refractivity contribution is 5.98. The standard InChI is InChI=1S/C8H14N6/c1-3-13-6-7(5-9-13)8-10-11-12-14(8)4-2/h5-6,11-12H,3-4H2,1-2H3. The van der Waals surface area contributed by atoms with E-state index in [9.17, 15) is 0 Å². The Labute approximate surface area is 82.5 Å². The second-order valence-corrected chi connectivity index (χ2v) is 2.99. The largest absolute Gasteiger partial charge is 0.272 e. The molecule has 0 bridgehead atoms. The van der Waals surface area contributed by atoms with Gasteiger partial charge in [-0.05, 0) is 13.8 Å². The Balaban J connectivity index is 2.21. The van der Waals surface area contributed by atoms with E-state index in [1.807, 2.05) is 22.1 Å². The fourth-order valence-electron chi connectivity index (χ4n) is 1.35. The van der Waals surface area contributed by atoms with E-state index in [1.54, 1.807) is 0 Å². The maximum Gasteiger partial charge on any atom is 0.176 e. The smallest absolute Gasteiger partial charge is 0.176 e. The number of rotatable bonds is 3. The van der Waals surface area contributed by atoms with E-state index in [-0.39, 0.29) is 0 Å². The van der Waals surface area contributed by atoms with Gasteiger partial charge < -0.3 is 0 Å². The van der Waals surface area contributed by atoms with Gasteiger partial charge in [0.2, 0.25) is 0 Å². The molecule has 0 fully saturated rings. The lowest BCUT2D eigenvalue weighted by atomic mass is 10.3. The first-order chi connectivity index (χ1) is 6.85. The molecule has 0 spiro atoms. The zero-order valence-corrected chi connectivity index (χ0v) is 8.36. The Hall–Kier alpha value is -1.56. The Kier molecular flexibility index (Phi) is 2.36. The van der Waals surface area contributed by atoms with Crippen LogP contribution in [0.15, 0.2) is 17.5 Å². The van der Waals surface area contributed by atoms with Gasteiger partial charge in [0, 0.05) is 19.3 Å². The number of nitrogens with zero attached hydrogens (tertiary/aromatic N) is 4. The summed E-state index contributed by atoms with van der Waals surface area (Å²) in [5, 5.41) is 10.3. The summed E-state index contributed by atoms with van der Waals surface area (Å²) < 4.78 is 1.88. The highest BCUT2D eigenvalue weighted by Crippen LogP contribution is 2.05. The normalized spacial score (nSPS) is 15.6. The number of hydrogen-bond donors (Lipinski definition) is 2. The van der Waals surface area contributed by atoms with Crippen LogP contribution in [0.25, 0.3) is 0 Å². The fourth-order valence-corrected chi connectivity index (χ4v) is 1.35. The molecule has 0 saturated carbocycles. The van der Waals surface area contributed by atoms with Gasteiger partial charge in [-0.2, -0.15) is 5.10 Å². The second-order valence-electron chi connectivity index (χ2n) is 2.99. The quantitative estimate of drug-likeness (QED) is 0.706. The predicted octanol–water partition coefficient (Wildman–Crippen LogP) is -0.0907. The van der Waals surface area contributed by atoms with Gasteiger partial charge in [0.25, 0.3) is 0 Å². The summed E-state index contributed by atoms with van der Waals surface area (Å²) in [5.74, 6) is 0.882. The molecular formula is C8H14N6. The van der Waals surface area contributed by atoms with Crippen LogP contribution in [0.5, 0.6) is 0 Å². The summed E-state index contributed by atoms with van der Waals surface area (Å²) in [7, 11) is 0. The second kappa shape index (κ2) is 3.67. The molecule has 2 rings (SSSR count). The molecule has 6 heteroatoms. The van der Waals surface area contributed by atoms with Crippen LogP contribution in [0.4, 0.5) is 0 Å².